The number of nitrogens with two attached hydrogens (primary N) is 1. The largest absolute Gasteiger partial charge is 0.366 e. The van der Waals surface area contributed by atoms with Crippen LogP contribution in [0.4, 0.5) is 0 Å². The maximum Gasteiger partial charge on any atom is 0.251 e. The number of hydrogen-bond donors (Lipinski definition) is 2. The second-order valence-corrected chi connectivity index (χ2v) is 5.25. The standard InChI is InChI=1S/C17H15N3O3/c1-10-6-15(20-23-10)9-19-17(22)14-5-3-11-7-13(16(18)21)4-2-12(11)8-14/h2-8H,9H2,1H3,(H2,18,21)(H,19,22). The fourth-order valence-corrected chi connectivity index (χ4v) is 2.31. The molecular weight excluding hydrogens is 294 g/mol. The van der Waals surface area contributed by atoms with Crippen LogP contribution < -0.4 is 11.1 Å². The number of aryl methyl sites for hydroxylation is 1. The summed E-state index contributed by atoms with van der Waals surface area (Å²) in [6.45, 7) is 2.09. The van der Waals surface area contributed by atoms with E-state index in [4.69, 9.17) is 10.3 Å². The van der Waals surface area contributed by atoms with Crippen LogP contribution in [-0.2, 0) is 6.54 Å². The zero-order chi connectivity index (χ0) is 16.4. The van der Waals surface area contributed by atoms with Crippen molar-refractivity contribution in [3.05, 3.63) is 65.0 Å². The molecule has 0 aliphatic carbocycles. The summed E-state index contributed by atoms with van der Waals surface area (Å²) in [5.41, 5.74) is 6.90. The van der Waals surface area contributed by atoms with E-state index in [1.165, 1.54) is 0 Å². The summed E-state index contributed by atoms with van der Waals surface area (Å²) in [6.07, 6.45) is 0. The first-order valence-electron chi connectivity index (χ1n) is 7.07. The highest BCUT2D eigenvalue weighted by atomic mass is 16.5. The first-order valence-corrected chi connectivity index (χ1v) is 7.07. The first-order chi connectivity index (χ1) is 11.0. The lowest BCUT2D eigenvalue weighted by molar-refractivity contribution is 0.0949. The predicted molar refractivity (Wildman–Crippen MR) is 84.9 cm³/mol. The van der Waals surface area contributed by atoms with Gasteiger partial charge in [-0.05, 0) is 42.0 Å². The van der Waals surface area contributed by atoms with Gasteiger partial charge in [0.05, 0.1) is 6.54 Å². The summed E-state index contributed by atoms with van der Waals surface area (Å²) >= 11 is 0. The molecule has 1 heterocycles. The molecule has 2 amide bonds. The van der Waals surface area contributed by atoms with Crippen molar-refractivity contribution in [3.63, 3.8) is 0 Å². The van der Waals surface area contributed by atoms with Gasteiger partial charge in [0, 0.05) is 17.2 Å². The number of hydrogen-bond acceptors (Lipinski definition) is 4. The van der Waals surface area contributed by atoms with E-state index >= 15 is 0 Å². The Hall–Kier alpha value is -3.15. The lowest BCUT2D eigenvalue weighted by atomic mass is 10.0. The van der Waals surface area contributed by atoms with Crippen LogP contribution >= 0.6 is 0 Å². The fourth-order valence-electron chi connectivity index (χ4n) is 2.31. The van der Waals surface area contributed by atoms with Crippen LogP contribution in [0, 0.1) is 6.92 Å². The maximum absolute atomic E-state index is 12.2. The molecule has 0 aliphatic rings. The minimum atomic E-state index is -0.475. The van der Waals surface area contributed by atoms with Crippen LogP contribution in [0.1, 0.15) is 32.2 Å². The summed E-state index contributed by atoms with van der Waals surface area (Å²) in [5, 5.41) is 8.32. The molecule has 3 rings (SSSR count). The van der Waals surface area contributed by atoms with Crippen molar-refractivity contribution in [3.8, 4) is 0 Å². The Kier molecular flexibility index (Phi) is 3.80. The van der Waals surface area contributed by atoms with Gasteiger partial charge in [0.15, 0.2) is 0 Å². The van der Waals surface area contributed by atoms with Gasteiger partial charge in [-0.2, -0.15) is 0 Å². The smallest absolute Gasteiger partial charge is 0.251 e. The lowest BCUT2D eigenvalue weighted by Gasteiger charge is -2.06. The first kappa shape index (κ1) is 14.8. The fraction of sp³-hybridized carbons (Fsp3) is 0.118. The third-order valence-corrected chi connectivity index (χ3v) is 3.49. The monoisotopic (exact) mass is 309 g/mol. The molecule has 6 heteroatoms. The Bertz CT molecular complexity index is 899. The van der Waals surface area contributed by atoms with Crippen LogP contribution in [0.15, 0.2) is 47.0 Å². The molecule has 116 valence electrons. The number of rotatable bonds is 4. The molecule has 0 bridgehead atoms. The van der Waals surface area contributed by atoms with Crippen molar-refractivity contribution in [1.82, 2.24) is 10.5 Å². The van der Waals surface area contributed by atoms with Crippen LogP contribution in [0.25, 0.3) is 10.8 Å². The minimum Gasteiger partial charge on any atom is -0.366 e. The summed E-state index contributed by atoms with van der Waals surface area (Å²) in [6, 6.07) is 12.2. The lowest BCUT2D eigenvalue weighted by Crippen LogP contribution is -2.22. The Balaban J connectivity index is 1.78. The highest BCUT2D eigenvalue weighted by molar-refractivity contribution is 6.01. The van der Waals surface area contributed by atoms with Crippen molar-refractivity contribution in [2.75, 3.05) is 0 Å². The van der Waals surface area contributed by atoms with E-state index in [0.717, 1.165) is 10.8 Å². The highest BCUT2D eigenvalue weighted by Crippen LogP contribution is 2.18. The normalized spacial score (nSPS) is 10.7. The Labute approximate surface area is 132 Å². The maximum atomic E-state index is 12.2. The van der Waals surface area contributed by atoms with Gasteiger partial charge >= 0.3 is 0 Å². The molecule has 0 spiro atoms. The van der Waals surface area contributed by atoms with Crippen molar-refractivity contribution >= 4 is 22.6 Å². The summed E-state index contributed by atoms with van der Waals surface area (Å²) in [4.78, 5) is 23.4. The summed E-state index contributed by atoms with van der Waals surface area (Å²) in [5.74, 6) is 0.0216. The van der Waals surface area contributed by atoms with Gasteiger partial charge in [0.1, 0.15) is 11.5 Å². The third kappa shape index (κ3) is 3.21. The zero-order valence-electron chi connectivity index (χ0n) is 12.5. The number of nitrogens with zero attached hydrogens (tertiary/aromatic N) is 1. The molecule has 0 radical (unpaired) electrons. The number of fused-ring (bicyclic) bond motifs is 1. The molecule has 23 heavy (non-hydrogen) atoms. The van der Waals surface area contributed by atoms with Crippen molar-refractivity contribution in [2.24, 2.45) is 5.73 Å². The van der Waals surface area contributed by atoms with E-state index in [1.807, 2.05) is 0 Å². The Morgan fingerprint density at radius 2 is 1.74 bits per heavy atom. The van der Waals surface area contributed by atoms with Crippen molar-refractivity contribution in [2.45, 2.75) is 13.5 Å². The molecule has 0 saturated carbocycles. The van der Waals surface area contributed by atoms with Gasteiger partial charge < -0.3 is 15.6 Å². The van der Waals surface area contributed by atoms with Crippen LogP contribution in [0.3, 0.4) is 0 Å². The SMILES string of the molecule is Cc1cc(CNC(=O)c2ccc3cc(C(N)=O)ccc3c2)no1. The predicted octanol–water partition coefficient (Wildman–Crippen LogP) is 2.17. The minimum absolute atomic E-state index is 0.202. The quantitative estimate of drug-likeness (QED) is 0.771. The number of primary amides is 1. The van der Waals surface area contributed by atoms with Gasteiger partial charge in [0.2, 0.25) is 5.91 Å². The van der Waals surface area contributed by atoms with Crippen LogP contribution in [0.2, 0.25) is 0 Å². The number of amides is 2. The molecule has 3 N–H and O–H groups in total. The molecule has 2 aromatic carbocycles. The van der Waals surface area contributed by atoms with E-state index in [2.05, 4.69) is 10.5 Å². The number of benzene rings is 2. The number of carbonyl (C=O) groups excluding carboxylic acids is 2. The number of carbonyl (C=O) groups is 2. The molecule has 0 fully saturated rings. The van der Waals surface area contributed by atoms with Gasteiger partial charge in [-0.15, -0.1) is 0 Å². The van der Waals surface area contributed by atoms with E-state index in [9.17, 15) is 9.59 Å². The van der Waals surface area contributed by atoms with E-state index in [-0.39, 0.29) is 5.91 Å². The second-order valence-electron chi connectivity index (χ2n) is 5.25. The topological polar surface area (TPSA) is 98.2 Å². The zero-order valence-corrected chi connectivity index (χ0v) is 12.5. The van der Waals surface area contributed by atoms with Crippen LogP contribution in [-0.4, -0.2) is 17.0 Å². The van der Waals surface area contributed by atoms with Gasteiger partial charge in [-0.3, -0.25) is 9.59 Å². The molecule has 0 atom stereocenters. The molecular formula is C17H15N3O3. The molecule has 0 saturated heterocycles. The molecule has 0 unspecified atom stereocenters. The van der Waals surface area contributed by atoms with E-state index in [0.29, 0.717) is 29.1 Å². The third-order valence-electron chi connectivity index (χ3n) is 3.49. The molecule has 3 aromatic rings. The second kappa shape index (κ2) is 5.92. The molecule has 0 aliphatic heterocycles. The summed E-state index contributed by atoms with van der Waals surface area (Å²) < 4.78 is 4.95. The highest BCUT2D eigenvalue weighted by Gasteiger charge is 2.09. The van der Waals surface area contributed by atoms with E-state index < -0.39 is 5.91 Å². The van der Waals surface area contributed by atoms with Crippen molar-refractivity contribution < 1.29 is 14.1 Å². The van der Waals surface area contributed by atoms with Gasteiger partial charge in [0.25, 0.3) is 5.91 Å². The number of nitrogens with one attached hydrogen (secondary N) is 1. The average Bonchev–Trinajstić information content (AvgIpc) is 2.97. The summed E-state index contributed by atoms with van der Waals surface area (Å²) in [7, 11) is 0. The number of aromatic nitrogens is 1. The Morgan fingerprint density at radius 1 is 1.09 bits per heavy atom. The van der Waals surface area contributed by atoms with Crippen molar-refractivity contribution in [1.29, 1.82) is 0 Å². The Morgan fingerprint density at radius 3 is 2.35 bits per heavy atom. The molecule has 6 nitrogen and oxygen atoms in total. The van der Waals surface area contributed by atoms with Gasteiger partial charge in [-0.25, -0.2) is 0 Å². The van der Waals surface area contributed by atoms with Crippen LogP contribution in [0.5, 0.6) is 0 Å². The average molecular weight is 309 g/mol. The molecule has 1 aromatic heterocycles. The van der Waals surface area contributed by atoms with E-state index in [1.54, 1.807) is 49.4 Å². The van der Waals surface area contributed by atoms with Gasteiger partial charge in [-0.1, -0.05) is 17.3 Å².